The summed E-state index contributed by atoms with van der Waals surface area (Å²) in [6, 6.07) is 9.30. The van der Waals surface area contributed by atoms with Gasteiger partial charge < -0.3 is 4.74 Å². The second kappa shape index (κ2) is 7.53. The van der Waals surface area contributed by atoms with Gasteiger partial charge in [-0.15, -0.1) is 0 Å². The lowest BCUT2D eigenvalue weighted by Gasteiger charge is -2.34. The van der Waals surface area contributed by atoms with E-state index in [2.05, 4.69) is 14.9 Å². The number of morpholine rings is 1. The summed E-state index contributed by atoms with van der Waals surface area (Å²) < 4.78 is 7.12. The van der Waals surface area contributed by atoms with E-state index >= 15 is 0 Å². The molecule has 1 aliphatic heterocycles. The second-order valence-corrected chi connectivity index (χ2v) is 6.69. The molecule has 0 radical (unpaired) electrons. The van der Waals surface area contributed by atoms with Crippen molar-refractivity contribution in [3.8, 4) is 0 Å². The number of ether oxygens (including phenoxy) is 1. The normalized spacial score (nSPS) is 16.7. The Morgan fingerprint density at radius 3 is 2.81 bits per heavy atom. The van der Waals surface area contributed by atoms with Gasteiger partial charge >= 0.3 is 0 Å². The summed E-state index contributed by atoms with van der Waals surface area (Å²) in [5, 5.41) is 0.891. The van der Waals surface area contributed by atoms with Crippen LogP contribution in [0.15, 0.2) is 53.8 Å². The molecule has 0 saturated carbocycles. The Bertz CT molecular complexity index is 955. The van der Waals surface area contributed by atoms with Crippen LogP contribution in [0.3, 0.4) is 0 Å². The lowest BCUT2D eigenvalue weighted by molar-refractivity contribution is 0.0120. The Labute approximate surface area is 156 Å². The minimum Gasteiger partial charge on any atom is -0.379 e. The van der Waals surface area contributed by atoms with Crippen LogP contribution in [0.4, 0.5) is 0 Å². The Morgan fingerprint density at radius 2 is 2.04 bits per heavy atom. The van der Waals surface area contributed by atoms with Gasteiger partial charge in [0.05, 0.1) is 41.5 Å². The number of hydrogen-bond donors (Lipinski definition) is 0. The molecule has 0 aliphatic carbocycles. The van der Waals surface area contributed by atoms with Crippen LogP contribution in [-0.2, 0) is 11.3 Å². The molecule has 1 unspecified atom stereocenters. The van der Waals surface area contributed by atoms with E-state index < -0.39 is 0 Å². The zero-order valence-electron chi connectivity index (χ0n) is 14.2. The summed E-state index contributed by atoms with van der Waals surface area (Å²) in [6.07, 6.45) is 5.21. The SMILES string of the molecule is O=c1c2c(Cl)cccc2ncn1CC(c1cccnc1)N1CCOCC1. The van der Waals surface area contributed by atoms with E-state index in [1.807, 2.05) is 18.3 Å². The molecule has 1 fully saturated rings. The van der Waals surface area contributed by atoms with Gasteiger partial charge in [0, 0.05) is 32.0 Å². The van der Waals surface area contributed by atoms with E-state index in [0.29, 0.717) is 35.7 Å². The molecule has 2 aromatic heterocycles. The molecule has 3 heterocycles. The number of pyridine rings is 1. The molecule has 0 spiro atoms. The number of benzene rings is 1. The van der Waals surface area contributed by atoms with Crippen LogP contribution < -0.4 is 5.56 Å². The third kappa shape index (κ3) is 3.35. The van der Waals surface area contributed by atoms with Crippen molar-refractivity contribution in [2.24, 2.45) is 0 Å². The van der Waals surface area contributed by atoms with E-state index in [9.17, 15) is 4.79 Å². The largest absolute Gasteiger partial charge is 0.379 e. The maximum absolute atomic E-state index is 13.0. The standard InChI is InChI=1S/C19H19ClN4O2/c20-15-4-1-5-16-18(15)19(25)24(13-22-16)12-17(14-3-2-6-21-11-14)23-7-9-26-10-8-23/h1-6,11,13,17H,7-10,12H2. The fraction of sp³-hybridized carbons (Fsp3) is 0.316. The number of nitrogens with zero attached hydrogens (tertiary/aromatic N) is 4. The van der Waals surface area contributed by atoms with Gasteiger partial charge in [-0.25, -0.2) is 4.98 Å². The molecule has 134 valence electrons. The van der Waals surface area contributed by atoms with Crippen molar-refractivity contribution in [1.29, 1.82) is 0 Å². The lowest BCUT2D eigenvalue weighted by atomic mass is 10.1. The first-order valence-corrected chi connectivity index (χ1v) is 8.97. The summed E-state index contributed by atoms with van der Waals surface area (Å²) in [5.74, 6) is 0. The van der Waals surface area contributed by atoms with Crippen molar-refractivity contribution in [2.75, 3.05) is 26.3 Å². The number of rotatable bonds is 4. The molecule has 6 nitrogen and oxygen atoms in total. The number of halogens is 1. The molecule has 7 heteroatoms. The van der Waals surface area contributed by atoms with E-state index in [-0.39, 0.29) is 11.6 Å². The highest BCUT2D eigenvalue weighted by Crippen LogP contribution is 2.24. The molecular weight excluding hydrogens is 352 g/mol. The average Bonchev–Trinajstić information content (AvgIpc) is 2.69. The first kappa shape index (κ1) is 17.1. The molecule has 1 saturated heterocycles. The van der Waals surface area contributed by atoms with Gasteiger partial charge in [-0.05, 0) is 23.8 Å². The van der Waals surface area contributed by atoms with Crippen molar-refractivity contribution < 1.29 is 4.74 Å². The quantitative estimate of drug-likeness (QED) is 0.706. The van der Waals surface area contributed by atoms with Gasteiger partial charge in [0.25, 0.3) is 5.56 Å². The summed E-state index contributed by atoms with van der Waals surface area (Å²) in [7, 11) is 0. The summed E-state index contributed by atoms with van der Waals surface area (Å²) >= 11 is 6.25. The van der Waals surface area contributed by atoms with Crippen molar-refractivity contribution in [3.05, 3.63) is 70.0 Å². The third-order valence-electron chi connectivity index (χ3n) is 4.73. The molecule has 1 atom stereocenters. The van der Waals surface area contributed by atoms with E-state index in [0.717, 1.165) is 18.7 Å². The minimum atomic E-state index is -0.122. The fourth-order valence-corrected chi connectivity index (χ4v) is 3.62. The molecule has 3 aromatic rings. The number of hydrogen-bond acceptors (Lipinski definition) is 5. The monoisotopic (exact) mass is 370 g/mol. The van der Waals surface area contributed by atoms with Gasteiger partial charge in [-0.1, -0.05) is 23.7 Å². The lowest BCUT2D eigenvalue weighted by Crippen LogP contribution is -2.41. The van der Waals surface area contributed by atoms with Crippen LogP contribution in [0.5, 0.6) is 0 Å². The third-order valence-corrected chi connectivity index (χ3v) is 5.04. The van der Waals surface area contributed by atoms with E-state index in [1.165, 1.54) is 0 Å². The van der Waals surface area contributed by atoms with Crippen LogP contribution in [0, 0.1) is 0 Å². The number of fused-ring (bicyclic) bond motifs is 1. The van der Waals surface area contributed by atoms with Gasteiger partial charge in [0.15, 0.2) is 0 Å². The summed E-state index contributed by atoms with van der Waals surface area (Å²) in [4.78, 5) is 24.0. The molecule has 26 heavy (non-hydrogen) atoms. The van der Waals surface area contributed by atoms with E-state index in [4.69, 9.17) is 16.3 Å². The van der Waals surface area contributed by atoms with Gasteiger partial charge in [-0.3, -0.25) is 19.2 Å². The summed E-state index contributed by atoms with van der Waals surface area (Å²) in [6.45, 7) is 3.49. The predicted octanol–water partition coefficient (Wildman–Crippen LogP) is 2.52. The molecular formula is C19H19ClN4O2. The second-order valence-electron chi connectivity index (χ2n) is 6.29. The maximum atomic E-state index is 13.0. The molecule has 0 N–H and O–H groups in total. The van der Waals surface area contributed by atoms with E-state index in [1.54, 1.807) is 35.3 Å². The Kier molecular flexibility index (Phi) is 4.97. The average molecular weight is 371 g/mol. The molecule has 0 amide bonds. The van der Waals surface area contributed by atoms with Crippen molar-refractivity contribution in [3.63, 3.8) is 0 Å². The molecule has 1 aliphatic rings. The van der Waals surface area contributed by atoms with Crippen LogP contribution in [0.1, 0.15) is 11.6 Å². The van der Waals surface area contributed by atoms with Crippen molar-refractivity contribution >= 4 is 22.5 Å². The first-order chi connectivity index (χ1) is 12.7. The molecule has 4 rings (SSSR count). The zero-order chi connectivity index (χ0) is 17.9. The maximum Gasteiger partial charge on any atom is 0.262 e. The van der Waals surface area contributed by atoms with Gasteiger partial charge in [-0.2, -0.15) is 0 Å². The fourth-order valence-electron chi connectivity index (χ4n) is 3.37. The first-order valence-electron chi connectivity index (χ1n) is 8.59. The zero-order valence-corrected chi connectivity index (χ0v) is 15.0. The Morgan fingerprint density at radius 1 is 1.19 bits per heavy atom. The predicted molar refractivity (Wildman–Crippen MR) is 100 cm³/mol. The Hall–Kier alpha value is -2.28. The highest BCUT2D eigenvalue weighted by Gasteiger charge is 2.24. The molecule has 1 aromatic carbocycles. The van der Waals surface area contributed by atoms with Crippen molar-refractivity contribution in [2.45, 2.75) is 12.6 Å². The topological polar surface area (TPSA) is 60.2 Å². The minimum absolute atomic E-state index is 0.0204. The van der Waals surface area contributed by atoms with Gasteiger partial charge in [0.1, 0.15) is 0 Å². The van der Waals surface area contributed by atoms with Crippen LogP contribution in [0.2, 0.25) is 5.02 Å². The van der Waals surface area contributed by atoms with Gasteiger partial charge in [0.2, 0.25) is 0 Å². The summed E-state index contributed by atoms with van der Waals surface area (Å²) in [5.41, 5.74) is 1.56. The highest BCUT2D eigenvalue weighted by molar-refractivity contribution is 6.35. The van der Waals surface area contributed by atoms with Crippen LogP contribution in [-0.4, -0.2) is 45.7 Å². The van der Waals surface area contributed by atoms with Crippen LogP contribution in [0.25, 0.3) is 10.9 Å². The smallest absolute Gasteiger partial charge is 0.262 e. The number of aromatic nitrogens is 3. The molecule has 0 bridgehead atoms. The van der Waals surface area contributed by atoms with Crippen molar-refractivity contribution in [1.82, 2.24) is 19.4 Å². The van der Waals surface area contributed by atoms with Crippen LogP contribution >= 0.6 is 11.6 Å². The Balaban J connectivity index is 1.74. The highest BCUT2D eigenvalue weighted by atomic mass is 35.5.